The molecule has 1 fully saturated rings. The molecule has 1 aliphatic rings. The Morgan fingerprint density at radius 1 is 1.23 bits per heavy atom. The standard InChI is InChI=1S/C16H23N5O/c1-11-6-5-7-15(19-11)21-16(17-10-18-21)14(4)20-8-12(2)22-13(3)9-20/h5-7,10,12-14H,8-9H2,1-4H3/t12-,13+,14?. The van der Waals surface area contributed by atoms with E-state index in [9.17, 15) is 0 Å². The van der Waals surface area contributed by atoms with Crippen LogP contribution < -0.4 is 0 Å². The number of morpholine rings is 1. The predicted molar refractivity (Wildman–Crippen MR) is 83.9 cm³/mol. The zero-order valence-electron chi connectivity index (χ0n) is 13.6. The molecule has 1 aliphatic heterocycles. The van der Waals surface area contributed by atoms with Gasteiger partial charge in [0.2, 0.25) is 0 Å². The molecule has 0 aliphatic carbocycles. The van der Waals surface area contributed by atoms with Crippen LogP contribution in [0.1, 0.15) is 38.3 Å². The molecule has 118 valence electrons. The second-order valence-electron chi connectivity index (χ2n) is 6.05. The summed E-state index contributed by atoms with van der Waals surface area (Å²) in [5.41, 5.74) is 0.972. The minimum Gasteiger partial charge on any atom is -0.373 e. The number of pyridine rings is 1. The highest BCUT2D eigenvalue weighted by Crippen LogP contribution is 2.24. The van der Waals surface area contributed by atoms with Gasteiger partial charge < -0.3 is 4.74 Å². The fraction of sp³-hybridized carbons (Fsp3) is 0.562. The van der Waals surface area contributed by atoms with Gasteiger partial charge in [-0.2, -0.15) is 9.78 Å². The van der Waals surface area contributed by atoms with E-state index in [1.54, 1.807) is 6.33 Å². The van der Waals surface area contributed by atoms with Gasteiger partial charge in [0.1, 0.15) is 6.33 Å². The summed E-state index contributed by atoms with van der Waals surface area (Å²) in [6.45, 7) is 10.2. The molecule has 0 N–H and O–H groups in total. The van der Waals surface area contributed by atoms with E-state index in [4.69, 9.17) is 4.74 Å². The van der Waals surface area contributed by atoms with Crippen molar-refractivity contribution in [3.05, 3.63) is 36.0 Å². The van der Waals surface area contributed by atoms with E-state index in [1.165, 1.54) is 0 Å². The van der Waals surface area contributed by atoms with E-state index in [2.05, 4.69) is 40.7 Å². The van der Waals surface area contributed by atoms with E-state index < -0.39 is 0 Å². The van der Waals surface area contributed by atoms with Gasteiger partial charge in [-0.05, 0) is 39.8 Å². The Morgan fingerprint density at radius 3 is 2.64 bits per heavy atom. The van der Waals surface area contributed by atoms with Crippen LogP contribution in [-0.2, 0) is 4.74 Å². The maximum atomic E-state index is 5.82. The summed E-state index contributed by atoms with van der Waals surface area (Å²) in [6.07, 6.45) is 2.07. The lowest BCUT2D eigenvalue weighted by Gasteiger charge is -2.38. The lowest BCUT2D eigenvalue weighted by molar-refractivity contribution is -0.0800. The van der Waals surface area contributed by atoms with Crippen LogP contribution in [0.2, 0.25) is 0 Å². The van der Waals surface area contributed by atoms with Gasteiger partial charge in [0.05, 0.1) is 18.2 Å². The van der Waals surface area contributed by atoms with Gasteiger partial charge in [-0.3, -0.25) is 4.90 Å². The monoisotopic (exact) mass is 301 g/mol. The Hall–Kier alpha value is -1.79. The van der Waals surface area contributed by atoms with Crippen molar-refractivity contribution in [3.63, 3.8) is 0 Å². The van der Waals surface area contributed by atoms with Crippen molar-refractivity contribution in [1.29, 1.82) is 0 Å². The molecule has 6 nitrogen and oxygen atoms in total. The van der Waals surface area contributed by atoms with Gasteiger partial charge in [0, 0.05) is 18.8 Å². The third-order valence-corrected chi connectivity index (χ3v) is 4.03. The molecule has 6 heteroatoms. The molecule has 22 heavy (non-hydrogen) atoms. The number of aromatic nitrogens is 4. The van der Waals surface area contributed by atoms with E-state index in [0.717, 1.165) is 30.4 Å². The molecule has 0 radical (unpaired) electrons. The van der Waals surface area contributed by atoms with Gasteiger partial charge in [-0.25, -0.2) is 9.97 Å². The molecule has 0 spiro atoms. The molecule has 2 aromatic heterocycles. The highest BCUT2D eigenvalue weighted by molar-refractivity contribution is 5.24. The topological polar surface area (TPSA) is 56.1 Å². The predicted octanol–water partition coefficient (Wildman–Crippen LogP) is 2.14. The SMILES string of the molecule is Cc1cccc(-n2ncnc2C(C)N2C[C@@H](C)O[C@@H](C)C2)n1. The van der Waals surface area contributed by atoms with Crippen LogP contribution >= 0.6 is 0 Å². The maximum absolute atomic E-state index is 5.82. The molecule has 2 aromatic rings. The highest BCUT2D eigenvalue weighted by atomic mass is 16.5. The molecule has 3 heterocycles. The summed E-state index contributed by atoms with van der Waals surface area (Å²) in [5.74, 6) is 1.73. The van der Waals surface area contributed by atoms with Crippen molar-refractivity contribution >= 4 is 0 Å². The average molecular weight is 301 g/mol. The van der Waals surface area contributed by atoms with Crippen molar-refractivity contribution in [2.24, 2.45) is 0 Å². The summed E-state index contributed by atoms with van der Waals surface area (Å²) in [6, 6.07) is 6.10. The summed E-state index contributed by atoms with van der Waals surface area (Å²) in [5, 5.41) is 4.37. The van der Waals surface area contributed by atoms with Crippen molar-refractivity contribution in [1.82, 2.24) is 24.6 Å². The van der Waals surface area contributed by atoms with Gasteiger partial charge in [-0.1, -0.05) is 6.07 Å². The Labute approximate surface area is 131 Å². The highest BCUT2D eigenvalue weighted by Gasteiger charge is 2.29. The number of rotatable bonds is 3. The third kappa shape index (κ3) is 3.03. The average Bonchev–Trinajstić information content (AvgIpc) is 2.94. The first-order chi connectivity index (χ1) is 10.5. The number of hydrogen-bond donors (Lipinski definition) is 0. The van der Waals surface area contributed by atoms with Crippen LogP contribution in [0.4, 0.5) is 0 Å². The molecule has 0 saturated carbocycles. The zero-order valence-corrected chi connectivity index (χ0v) is 13.6. The smallest absolute Gasteiger partial charge is 0.155 e. The lowest BCUT2D eigenvalue weighted by Crippen LogP contribution is -2.46. The van der Waals surface area contributed by atoms with Gasteiger partial charge in [0.15, 0.2) is 11.6 Å². The Balaban J connectivity index is 1.88. The number of ether oxygens (including phenoxy) is 1. The van der Waals surface area contributed by atoms with Crippen molar-refractivity contribution < 1.29 is 4.74 Å². The first kappa shape index (κ1) is 15.1. The largest absolute Gasteiger partial charge is 0.373 e. The normalized spacial score (nSPS) is 24.4. The molecule has 0 amide bonds. The molecule has 1 saturated heterocycles. The van der Waals surface area contributed by atoms with E-state index >= 15 is 0 Å². The number of hydrogen-bond acceptors (Lipinski definition) is 5. The quantitative estimate of drug-likeness (QED) is 0.869. The summed E-state index contributed by atoms with van der Waals surface area (Å²) < 4.78 is 7.65. The van der Waals surface area contributed by atoms with Crippen LogP contribution in [0.3, 0.4) is 0 Å². The van der Waals surface area contributed by atoms with Crippen molar-refractivity contribution in [3.8, 4) is 5.82 Å². The first-order valence-corrected chi connectivity index (χ1v) is 7.78. The van der Waals surface area contributed by atoms with Crippen molar-refractivity contribution in [2.75, 3.05) is 13.1 Å². The molecule has 3 atom stereocenters. The fourth-order valence-corrected chi connectivity index (χ4v) is 3.06. The summed E-state index contributed by atoms with van der Waals surface area (Å²) >= 11 is 0. The molecule has 0 aromatic carbocycles. The maximum Gasteiger partial charge on any atom is 0.155 e. The van der Waals surface area contributed by atoms with E-state index in [-0.39, 0.29) is 18.2 Å². The van der Waals surface area contributed by atoms with Crippen LogP contribution in [0.25, 0.3) is 5.82 Å². The minimum absolute atomic E-state index is 0.165. The van der Waals surface area contributed by atoms with Gasteiger partial charge >= 0.3 is 0 Å². The molecule has 3 rings (SSSR count). The minimum atomic E-state index is 0.165. The Bertz CT molecular complexity index is 631. The third-order valence-electron chi connectivity index (χ3n) is 4.03. The Kier molecular flexibility index (Phi) is 4.22. The van der Waals surface area contributed by atoms with Crippen LogP contribution in [-0.4, -0.2) is 49.9 Å². The first-order valence-electron chi connectivity index (χ1n) is 7.78. The second-order valence-corrected chi connectivity index (χ2v) is 6.05. The van der Waals surface area contributed by atoms with E-state index in [0.29, 0.717) is 0 Å². The van der Waals surface area contributed by atoms with Gasteiger partial charge in [0.25, 0.3) is 0 Å². The summed E-state index contributed by atoms with van der Waals surface area (Å²) in [7, 11) is 0. The van der Waals surface area contributed by atoms with Crippen molar-refractivity contribution in [2.45, 2.75) is 45.9 Å². The van der Waals surface area contributed by atoms with Crippen LogP contribution in [0, 0.1) is 6.92 Å². The molecular weight excluding hydrogens is 278 g/mol. The molecule has 0 bridgehead atoms. The molecular formula is C16H23N5O. The number of aryl methyl sites for hydroxylation is 1. The zero-order chi connectivity index (χ0) is 15.7. The fourth-order valence-electron chi connectivity index (χ4n) is 3.06. The molecule has 1 unspecified atom stereocenters. The Morgan fingerprint density at radius 2 is 1.95 bits per heavy atom. The second kappa shape index (κ2) is 6.14. The van der Waals surface area contributed by atoms with Crippen LogP contribution in [0.15, 0.2) is 24.5 Å². The lowest BCUT2D eigenvalue weighted by atomic mass is 10.1. The number of nitrogens with zero attached hydrogens (tertiary/aromatic N) is 5. The van der Waals surface area contributed by atoms with E-state index in [1.807, 2.05) is 29.8 Å². The summed E-state index contributed by atoms with van der Waals surface area (Å²) in [4.78, 5) is 11.4. The van der Waals surface area contributed by atoms with Gasteiger partial charge in [-0.15, -0.1) is 0 Å². The van der Waals surface area contributed by atoms with Crippen LogP contribution in [0.5, 0.6) is 0 Å².